The van der Waals surface area contributed by atoms with Crippen LogP contribution in [0.1, 0.15) is 11.0 Å². The maximum Gasteiger partial charge on any atom is 0.212 e. The first kappa shape index (κ1) is 7.45. The predicted molar refractivity (Wildman–Crippen MR) is 48.0 cm³/mol. The summed E-state index contributed by atoms with van der Waals surface area (Å²) in [5.41, 5.74) is 5.71. The molecule has 0 aromatic carbocycles. The van der Waals surface area contributed by atoms with Crippen molar-refractivity contribution in [1.29, 1.82) is 0 Å². The lowest BCUT2D eigenvalue weighted by atomic mass is 10.3. The number of rotatable bonds is 2. The SMILES string of the molecule is C=CC(N)c1nn2ccnc2s1. The van der Waals surface area contributed by atoms with Gasteiger partial charge in [-0.1, -0.05) is 17.4 Å². The van der Waals surface area contributed by atoms with Crippen LogP contribution in [0.2, 0.25) is 0 Å². The molecule has 0 fully saturated rings. The quantitative estimate of drug-likeness (QED) is 0.701. The van der Waals surface area contributed by atoms with Gasteiger partial charge in [0.1, 0.15) is 5.01 Å². The van der Waals surface area contributed by atoms with E-state index in [4.69, 9.17) is 5.73 Å². The second kappa shape index (κ2) is 2.69. The van der Waals surface area contributed by atoms with E-state index in [0.29, 0.717) is 0 Å². The van der Waals surface area contributed by atoms with Crippen LogP contribution in [0.4, 0.5) is 0 Å². The number of hydrogen-bond donors (Lipinski definition) is 1. The lowest BCUT2D eigenvalue weighted by molar-refractivity contribution is 0.831. The van der Waals surface area contributed by atoms with Crippen LogP contribution in [0, 0.1) is 0 Å². The molecule has 2 heterocycles. The molecule has 0 aliphatic rings. The summed E-state index contributed by atoms with van der Waals surface area (Å²) < 4.78 is 1.71. The van der Waals surface area contributed by atoms with Gasteiger partial charge in [0.25, 0.3) is 0 Å². The molecule has 4 nitrogen and oxygen atoms in total. The van der Waals surface area contributed by atoms with E-state index in [2.05, 4.69) is 16.7 Å². The van der Waals surface area contributed by atoms with Crippen molar-refractivity contribution in [2.45, 2.75) is 6.04 Å². The summed E-state index contributed by atoms with van der Waals surface area (Å²) in [6.45, 7) is 3.60. The normalized spacial score (nSPS) is 13.4. The van der Waals surface area contributed by atoms with Gasteiger partial charge in [-0.15, -0.1) is 6.58 Å². The maximum atomic E-state index is 5.71. The van der Waals surface area contributed by atoms with Crippen molar-refractivity contribution in [1.82, 2.24) is 14.6 Å². The van der Waals surface area contributed by atoms with Crippen molar-refractivity contribution in [3.8, 4) is 0 Å². The van der Waals surface area contributed by atoms with Gasteiger partial charge in [0, 0.05) is 6.20 Å². The van der Waals surface area contributed by atoms with E-state index in [1.807, 2.05) is 0 Å². The first-order valence-electron chi connectivity index (χ1n) is 3.49. The summed E-state index contributed by atoms with van der Waals surface area (Å²) >= 11 is 1.48. The molecule has 2 rings (SSSR count). The van der Waals surface area contributed by atoms with Gasteiger partial charge in [0.2, 0.25) is 4.96 Å². The lowest BCUT2D eigenvalue weighted by Crippen LogP contribution is -2.06. The first-order chi connectivity index (χ1) is 5.81. The molecule has 0 aliphatic carbocycles. The molecule has 0 saturated heterocycles. The zero-order valence-electron chi connectivity index (χ0n) is 6.34. The Balaban J connectivity index is 2.50. The molecule has 0 bridgehead atoms. The average molecular weight is 180 g/mol. The highest BCUT2D eigenvalue weighted by atomic mass is 32.1. The molecule has 0 radical (unpaired) electrons. The van der Waals surface area contributed by atoms with Gasteiger partial charge in [-0.25, -0.2) is 9.50 Å². The average Bonchev–Trinajstić information content (AvgIpc) is 2.60. The summed E-state index contributed by atoms with van der Waals surface area (Å²) in [5.74, 6) is 0. The number of nitrogens with zero attached hydrogens (tertiary/aromatic N) is 3. The highest BCUT2D eigenvalue weighted by Crippen LogP contribution is 2.18. The molecule has 12 heavy (non-hydrogen) atoms. The highest BCUT2D eigenvalue weighted by Gasteiger charge is 2.08. The number of nitrogens with two attached hydrogens (primary N) is 1. The van der Waals surface area contributed by atoms with Crippen LogP contribution >= 0.6 is 11.3 Å². The van der Waals surface area contributed by atoms with Crippen molar-refractivity contribution in [3.05, 3.63) is 30.1 Å². The molecule has 0 saturated carbocycles. The van der Waals surface area contributed by atoms with Crippen molar-refractivity contribution in [2.75, 3.05) is 0 Å². The summed E-state index contributed by atoms with van der Waals surface area (Å²) in [6.07, 6.45) is 5.17. The molecular formula is C7H8N4S. The minimum Gasteiger partial charge on any atom is -0.319 e. The van der Waals surface area contributed by atoms with Crippen LogP contribution < -0.4 is 5.73 Å². The summed E-state index contributed by atoms with van der Waals surface area (Å²) in [6, 6.07) is -0.184. The van der Waals surface area contributed by atoms with Gasteiger partial charge in [0.15, 0.2) is 0 Å². The molecule has 62 valence electrons. The lowest BCUT2D eigenvalue weighted by Gasteiger charge is -1.96. The van der Waals surface area contributed by atoms with E-state index in [-0.39, 0.29) is 6.04 Å². The topological polar surface area (TPSA) is 56.2 Å². The van der Waals surface area contributed by atoms with Gasteiger partial charge in [-0.2, -0.15) is 5.10 Å². The molecule has 1 unspecified atom stereocenters. The number of hydrogen-bond acceptors (Lipinski definition) is 4. The number of imidazole rings is 1. The molecule has 2 aromatic rings. The monoisotopic (exact) mass is 180 g/mol. The van der Waals surface area contributed by atoms with E-state index in [1.54, 1.807) is 23.0 Å². The van der Waals surface area contributed by atoms with Crippen molar-refractivity contribution >= 4 is 16.3 Å². The van der Waals surface area contributed by atoms with Crippen molar-refractivity contribution < 1.29 is 0 Å². The Labute approximate surface area is 73.3 Å². The molecular weight excluding hydrogens is 172 g/mol. The molecule has 0 amide bonds. The first-order valence-corrected chi connectivity index (χ1v) is 4.31. The Morgan fingerprint density at radius 2 is 2.58 bits per heavy atom. The van der Waals surface area contributed by atoms with E-state index >= 15 is 0 Å². The molecule has 1 atom stereocenters. The van der Waals surface area contributed by atoms with Gasteiger partial charge < -0.3 is 5.73 Å². The second-order valence-electron chi connectivity index (χ2n) is 2.36. The third kappa shape index (κ3) is 1.03. The van der Waals surface area contributed by atoms with Gasteiger partial charge in [-0.3, -0.25) is 0 Å². The smallest absolute Gasteiger partial charge is 0.212 e. The Morgan fingerprint density at radius 3 is 3.25 bits per heavy atom. The zero-order valence-corrected chi connectivity index (χ0v) is 7.16. The molecule has 2 aromatic heterocycles. The fourth-order valence-corrected chi connectivity index (χ4v) is 1.74. The third-order valence-corrected chi connectivity index (χ3v) is 2.57. The van der Waals surface area contributed by atoms with Crippen LogP contribution in [0.3, 0.4) is 0 Å². The minimum atomic E-state index is -0.184. The molecule has 2 N–H and O–H groups in total. The van der Waals surface area contributed by atoms with Gasteiger partial charge >= 0.3 is 0 Å². The van der Waals surface area contributed by atoms with Crippen molar-refractivity contribution in [3.63, 3.8) is 0 Å². The van der Waals surface area contributed by atoms with Crippen LogP contribution in [-0.2, 0) is 0 Å². The van der Waals surface area contributed by atoms with E-state index in [0.717, 1.165) is 9.97 Å². The maximum absolute atomic E-state index is 5.71. The second-order valence-corrected chi connectivity index (χ2v) is 3.34. The van der Waals surface area contributed by atoms with Gasteiger partial charge in [0.05, 0.1) is 12.2 Å². The zero-order chi connectivity index (χ0) is 8.55. The molecule has 5 heteroatoms. The predicted octanol–water partition coefficient (Wildman–Crippen LogP) is 0.977. The Kier molecular flexibility index (Phi) is 1.67. The van der Waals surface area contributed by atoms with Crippen LogP contribution in [0.25, 0.3) is 4.96 Å². The third-order valence-electron chi connectivity index (χ3n) is 1.53. The summed E-state index contributed by atoms with van der Waals surface area (Å²) in [4.78, 5) is 4.95. The van der Waals surface area contributed by atoms with E-state index < -0.39 is 0 Å². The Hall–Kier alpha value is -1.20. The van der Waals surface area contributed by atoms with E-state index in [1.165, 1.54) is 11.3 Å². The standard InChI is InChI=1S/C7H8N4S/c1-2-5(8)6-10-11-4-3-9-7(11)12-6/h2-5H,1,8H2. The largest absolute Gasteiger partial charge is 0.319 e. The summed E-state index contributed by atoms with van der Waals surface area (Å²) in [5, 5.41) is 5.06. The summed E-state index contributed by atoms with van der Waals surface area (Å²) in [7, 11) is 0. The number of fused-ring (bicyclic) bond motifs is 1. The fourth-order valence-electron chi connectivity index (χ4n) is 0.888. The van der Waals surface area contributed by atoms with Gasteiger partial charge in [-0.05, 0) is 0 Å². The van der Waals surface area contributed by atoms with Crippen LogP contribution in [0.5, 0.6) is 0 Å². The van der Waals surface area contributed by atoms with E-state index in [9.17, 15) is 0 Å². The fraction of sp³-hybridized carbons (Fsp3) is 0.143. The molecule has 0 aliphatic heterocycles. The Bertz CT molecular complexity index is 374. The van der Waals surface area contributed by atoms with Crippen molar-refractivity contribution in [2.24, 2.45) is 5.73 Å². The number of aromatic nitrogens is 3. The minimum absolute atomic E-state index is 0.184. The highest BCUT2D eigenvalue weighted by molar-refractivity contribution is 7.16. The molecule has 0 spiro atoms. The Morgan fingerprint density at radius 1 is 1.75 bits per heavy atom. The van der Waals surface area contributed by atoms with Crippen LogP contribution in [0.15, 0.2) is 25.0 Å². The van der Waals surface area contributed by atoms with Crippen LogP contribution in [-0.4, -0.2) is 14.6 Å².